The van der Waals surface area contributed by atoms with Gasteiger partial charge in [0.05, 0.1) is 12.4 Å². The Balaban J connectivity index is 1.57. The summed E-state index contributed by atoms with van der Waals surface area (Å²) >= 11 is 0. The van der Waals surface area contributed by atoms with Gasteiger partial charge in [0.2, 0.25) is 0 Å². The molecule has 0 spiro atoms. The molecular formula is C20H21N5O. The largest absolute Gasteiger partial charge is 0.337 e. The number of nitrogens with one attached hydrogen (secondary N) is 1. The number of hydrogen-bond acceptors (Lipinski definition) is 4. The van der Waals surface area contributed by atoms with E-state index in [0.717, 1.165) is 36.2 Å². The summed E-state index contributed by atoms with van der Waals surface area (Å²) in [4.78, 5) is 22.7. The van der Waals surface area contributed by atoms with Crippen LogP contribution in [0.1, 0.15) is 40.5 Å². The van der Waals surface area contributed by atoms with Crippen molar-refractivity contribution >= 4 is 5.91 Å². The Morgan fingerprint density at radius 1 is 1.19 bits per heavy atom. The second kappa shape index (κ2) is 7.07. The van der Waals surface area contributed by atoms with Crippen LogP contribution in [0, 0.1) is 6.92 Å². The molecule has 1 amide bonds. The van der Waals surface area contributed by atoms with E-state index in [4.69, 9.17) is 0 Å². The van der Waals surface area contributed by atoms with Crippen LogP contribution in [-0.2, 0) is 0 Å². The SMILES string of the molecule is Cc1ccc(-c2cn[nH]c2C2CCCN(C(=O)c3cnccn3)C2)cc1. The highest BCUT2D eigenvalue weighted by molar-refractivity contribution is 5.92. The monoisotopic (exact) mass is 347 g/mol. The van der Waals surface area contributed by atoms with Crippen LogP contribution >= 0.6 is 0 Å². The van der Waals surface area contributed by atoms with Crippen molar-refractivity contribution in [3.05, 3.63) is 66.0 Å². The first-order valence-electron chi connectivity index (χ1n) is 8.88. The number of carbonyl (C=O) groups is 1. The van der Waals surface area contributed by atoms with Gasteiger partial charge < -0.3 is 4.90 Å². The van der Waals surface area contributed by atoms with Crippen LogP contribution in [0.4, 0.5) is 0 Å². The minimum atomic E-state index is -0.0563. The number of aromatic nitrogens is 4. The van der Waals surface area contributed by atoms with Crippen LogP contribution in [0.25, 0.3) is 11.1 Å². The lowest BCUT2D eigenvalue weighted by molar-refractivity contribution is 0.0699. The van der Waals surface area contributed by atoms with Crippen molar-refractivity contribution < 1.29 is 4.79 Å². The molecule has 26 heavy (non-hydrogen) atoms. The third-order valence-corrected chi connectivity index (χ3v) is 4.93. The van der Waals surface area contributed by atoms with E-state index in [2.05, 4.69) is 51.4 Å². The molecule has 1 atom stereocenters. The van der Waals surface area contributed by atoms with Crippen molar-refractivity contribution in [2.75, 3.05) is 13.1 Å². The molecular weight excluding hydrogens is 326 g/mol. The summed E-state index contributed by atoms with van der Waals surface area (Å²) in [6.07, 6.45) is 8.53. The Hall–Kier alpha value is -3.02. The number of benzene rings is 1. The number of H-pyrrole nitrogens is 1. The summed E-state index contributed by atoms with van der Waals surface area (Å²) in [5.74, 6) is 0.183. The minimum absolute atomic E-state index is 0.0563. The molecule has 6 nitrogen and oxygen atoms in total. The molecule has 0 radical (unpaired) electrons. The van der Waals surface area contributed by atoms with Gasteiger partial charge in [-0.2, -0.15) is 5.10 Å². The molecule has 3 heterocycles. The summed E-state index contributed by atoms with van der Waals surface area (Å²) in [7, 11) is 0. The van der Waals surface area contributed by atoms with E-state index in [1.54, 1.807) is 12.4 Å². The maximum Gasteiger partial charge on any atom is 0.274 e. The highest BCUT2D eigenvalue weighted by Gasteiger charge is 2.28. The number of amides is 1. The van der Waals surface area contributed by atoms with E-state index >= 15 is 0 Å². The molecule has 0 saturated carbocycles. The Morgan fingerprint density at radius 2 is 2.04 bits per heavy atom. The number of rotatable bonds is 3. The summed E-state index contributed by atoms with van der Waals surface area (Å²) in [5, 5.41) is 7.45. The molecule has 3 aromatic rings. The molecule has 1 unspecified atom stereocenters. The normalized spacial score (nSPS) is 17.3. The van der Waals surface area contributed by atoms with Gasteiger partial charge in [-0.15, -0.1) is 0 Å². The molecule has 1 aromatic carbocycles. The molecule has 1 saturated heterocycles. The van der Waals surface area contributed by atoms with Crippen molar-refractivity contribution in [2.24, 2.45) is 0 Å². The van der Waals surface area contributed by atoms with Gasteiger partial charge in [-0.05, 0) is 25.3 Å². The van der Waals surface area contributed by atoms with Gasteiger partial charge in [0.25, 0.3) is 5.91 Å². The molecule has 6 heteroatoms. The topological polar surface area (TPSA) is 74.8 Å². The fourth-order valence-electron chi connectivity index (χ4n) is 3.54. The van der Waals surface area contributed by atoms with Gasteiger partial charge in [-0.25, -0.2) is 4.98 Å². The predicted octanol–water partition coefficient (Wildman–Crippen LogP) is 3.19. The molecule has 4 rings (SSSR count). The number of hydrogen-bond donors (Lipinski definition) is 1. The third kappa shape index (κ3) is 3.22. The summed E-state index contributed by atoms with van der Waals surface area (Å²) in [5.41, 5.74) is 5.00. The van der Waals surface area contributed by atoms with Gasteiger partial charge in [0.15, 0.2) is 0 Å². The summed E-state index contributed by atoms with van der Waals surface area (Å²) in [6, 6.07) is 8.46. The molecule has 1 aliphatic rings. The van der Waals surface area contributed by atoms with Crippen molar-refractivity contribution in [3.63, 3.8) is 0 Å². The average Bonchev–Trinajstić information content (AvgIpc) is 3.19. The Labute approximate surface area is 152 Å². The fraction of sp³-hybridized carbons (Fsp3) is 0.300. The third-order valence-electron chi connectivity index (χ3n) is 4.93. The quantitative estimate of drug-likeness (QED) is 0.789. The van der Waals surface area contributed by atoms with Crippen LogP contribution in [-0.4, -0.2) is 44.1 Å². The summed E-state index contributed by atoms with van der Waals surface area (Å²) in [6.45, 7) is 3.49. The van der Waals surface area contributed by atoms with Crippen LogP contribution < -0.4 is 0 Å². The lowest BCUT2D eigenvalue weighted by Gasteiger charge is -2.32. The number of likely N-dealkylation sites (tertiary alicyclic amines) is 1. The first-order valence-corrected chi connectivity index (χ1v) is 8.88. The Kier molecular flexibility index (Phi) is 4.48. The zero-order valence-electron chi connectivity index (χ0n) is 14.7. The van der Waals surface area contributed by atoms with E-state index in [-0.39, 0.29) is 11.8 Å². The number of aryl methyl sites for hydroxylation is 1. The fourth-order valence-corrected chi connectivity index (χ4v) is 3.54. The molecule has 1 N–H and O–H groups in total. The second-order valence-corrected chi connectivity index (χ2v) is 6.74. The van der Waals surface area contributed by atoms with Crippen molar-refractivity contribution in [2.45, 2.75) is 25.7 Å². The van der Waals surface area contributed by atoms with Crippen LogP contribution in [0.5, 0.6) is 0 Å². The Bertz CT molecular complexity index is 888. The van der Waals surface area contributed by atoms with Crippen LogP contribution in [0.15, 0.2) is 49.1 Å². The van der Waals surface area contributed by atoms with Gasteiger partial charge in [0, 0.05) is 42.7 Å². The number of carbonyl (C=O) groups excluding carboxylic acids is 1. The van der Waals surface area contributed by atoms with Crippen molar-refractivity contribution in [1.82, 2.24) is 25.1 Å². The molecule has 1 fully saturated rings. The first-order chi connectivity index (χ1) is 12.7. The molecule has 132 valence electrons. The molecule has 0 aliphatic carbocycles. The lowest BCUT2D eigenvalue weighted by Crippen LogP contribution is -2.39. The maximum atomic E-state index is 12.7. The van der Waals surface area contributed by atoms with Crippen molar-refractivity contribution in [3.8, 4) is 11.1 Å². The average molecular weight is 347 g/mol. The smallest absolute Gasteiger partial charge is 0.274 e. The molecule has 1 aliphatic heterocycles. The number of aromatic amines is 1. The van der Waals surface area contributed by atoms with Gasteiger partial charge in [-0.3, -0.25) is 14.9 Å². The lowest BCUT2D eigenvalue weighted by atomic mass is 9.90. The minimum Gasteiger partial charge on any atom is -0.337 e. The predicted molar refractivity (Wildman–Crippen MR) is 98.7 cm³/mol. The summed E-state index contributed by atoms with van der Waals surface area (Å²) < 4.78 is 0. The van der Waals surface area contributed by atoms with E-state index in [1.165, 1.54) is 11.8 Å². The van der Waals surface area contributed by atoms with Crippen LogP contribution in [0.2, 0.25) is 0 Å². The molecule has 2 aromatic heterocycles. The second-order valence-electron chi connectivity index (χ2n) is 6.74. The van der Waals surface area contributed by atoms with Gasteiger partial charge in [-0.1, -0.05) is 29.8 Å². The standard InChI is InChI=1S/C20H21N5O/c1-14-4-6-15(7-5-14)17-11-23-24-19(17)16-3-2-10-25(13-16)20(26)18-12-21-8-9-22-18/h4-9,11-12,16H,2-3,10,13H2,1H3,(H,23,24). The van der Waals surface area contributed by atoms with E-state index in [9.17, 15) is 4.79 Å². The zero-order valence-corrected chi connectivity index (χ0v) is 14.7. The van der Waals surface area contributed by atoms with Gasteiger partial charge in [0.1, 0.15) is 5.69 Å². The maximum absolute atomic E-state index is 12.7. The molecule has 0 bridgehead atoms. The van der Waals surface area contributed by atoms with Crippen molar-refractivity contribution in [1.29, 1.82) is 0 Å². The van der Waals surface area contributed by atoms with E-state index < -0.39 is 0 Å². The van der Waals surface area contributed by atoms with E-state index in [0.29, 0.717) is 12.2 Å². The Morgan fingerprint density at radius 3 is 2.81 bits per heavy atom. The zero-order chi connectivity index (χ0) is 17.9. The highest BCUT2D eigenvalue weighted by Crippen LogP contribution is 2.33. The number of piperidine rings is 1. The number of nitrogens with zero attached hydrogens (tertiary/aromatic N) is 4. The van der Waals surface area contributed by atoms with E-state index in [1.807, 2.05) is 11.1 Å². The highest BCUT2D eigenvalue weighted by atomic mass is 16.2. The van der Waals surface area contributed by atoms with Gasteiger partial charge >= 0.3 is 0 Å². The van der Waals surface area contributed by atoms with Crippen LogP contribution in [0.3, 0.4) is 0 Å². The first kappa shape index (κ1) is 16.4.